The van der Waals surface area contributed by atoms with Gasteiger partial charge in [-0.05, 0) is 19.9 Å². The first kappa shape index (κ1) is 11.2. The van der Waals surface area contributed by atoms with Gasteiger partial charge >= 0.3 is 5.97 Å². The summed E-state index contributed by atoms with van der Waals surface area (Å²) in [5.74, 6) is -0.662. The van der Waals surface area contributed by atoms with Crippen molar-refractivity contribution < 1.29 is 14.7 Å². The lowest BCUT2D eigenvalue weighted by Crippen LogP contribution is -2.23. The van der Waals surface area contributed by atoms with Crippen LogP contribution in [0, 0.1) is 13.8 Å². The summed E-state index contributed by atoms with van der Waals surface area (Å²) in [6, 6.07) is 1.87. The van der Waals surface area contributed by atoms with Crippen LogP contribution in [-0.2, 0) is 16.1 Å². The highest BCUT2D eigenvalue weighted by atomic mass is 16.5. The summed E-state index contributed by atoms with van der Waals surface area (Å²) in [4.78, 5) is 11.1. The first-order valence-corrected chi connectivity index (χ1v) is 4.38. The van der Waals surface area contributed by atoms with E-state index in [0.29, 0.717) is 0 Å². The molecular formula is C9H13N3O3. The lowest BCUT2D eigenvalue weighted by Gasteiger charge is -2.04. The van der Waals surface area contributed by atoms with Crippen molar-refractivity contribution in [3.63, 3.8) is 0 Å². The number of hydrogen-bond donors (Lipinski definition) is 1. The van der Waals surface area contributed by atoms with E-state index in [-0.39, 0.29) is 12.3 Å². The second kappa shape index (κ2) is 4.59. The molecule has 0 bridgehead atoms. The topological polar surface area (TPSA) is 76.7 Å². The molecule has 0 atom stereocenters. The zero-order valence-corrected chi connectivity index (χ0v) is 8.89. The summed E-state index contributed by atoms with van der Waals surface area (Å²) in [5.41, 5.74) is 1.65. The summed E-state index contributed by atoms with van der Waals surface area (Å²) in [6.07, 6.45) is 0. The minimum Gasteiger partial charge on any atom is -0.464 e. The monoisotopic (exact) mass is 211 g/mol. The molecule has 0 saturated heterocycles. The highest BCUT2D eigenvalue weighted by Crippen LogP contribution is 2.02. The van der Waals surface area contributed by atoms with Gasteiger partial charge in [-0.2, -0.15) is 5.10 Å². The van der Waals surface area contributed by atoms with Crippen molar-refractivity contribution in [3.8, 4) is 0 Å². The van der Waals surface area contributed by atoms with Crippen LogP contribution >= 0.6 is 0 Å². The molecule has 82 valence electrons. The molecule has 1 aromatic heterocycles. The number of ether oxygens (including phenoxy) is 1. The van der Waals surface area contributed by atoms with Gasteiger partial charge in [-0.25, -0.2) is 4.79 Å². The molecule has 1 rings (SSSR count). The standard InChI is InChI=1S/C9H13N3O3/c1-6-4-7(2)12(10-6)5-8(11-14)9(13)15-3/h4,14H,5H2,1-3H3/b11-8+. The third-order valence-electron chi connectivity index (χ3n) is 1.94. The van der Waals surface area contributed by atoms with Gasteiger partial charge in [0.05, 0.1) is 19.3 Å². The first-order chi connectivity index (χ1) is 7.08. The Kier molecular flexibility index (Phi) is 3.43. The molecule has 0 amide bonds. The Balaban J connectivity index is 2.85. The third-order valence-corrected chi connectivity index (χ3v) is 1.94. The summed E-state index contributed by atoms with van der Waals surface area (Å²) >= 11 is 0. The quantitative estimate of drug-likeness (QED) is 0.342. The van der Waals surface area contributed by atoms with Crippen LogP contribution in [0.3, 0.4) is 0 Å². The van der Waals surface area contributed by atoms with E-state index in [1.165, 1.54) is 7.11 Å². The number of aryl methyl sites for hydroxylation is 2. The van der Waals surface area contributed by atoms with Crippen molar-refractivity contribution >= 4 is 11.7 Å². The van der Waals surface area contributed by atoms with Gasteiger partial charge < -0.3 is 9.94 Å². The number of hydrogen-bond acceptors (Lipinski definition) is 5. The lowest BCUT2D eigenvalue weighted by atomic mass is 10.3. The molecule has 0 unspecified atom stereocenters. The van der Waals surface area contributed by atoms with Crippen molar-refractivity contribution in [3.05, 3.63) is 17.5 Å². The van der Waals surface area contributed by atoms with Crippen molar-refractivity contribution in [2.75, 3.05) is 7.11 Å². The number of rotatable bonds is 3. The summed E-state index contributed by atoms with van der Waals surface area (Å²) in [5, 5.41) is 15.6. The van der Waals surface area contributed by atoms with Crippen molar-refractivity contribution in [2.45, 2.75) is 20.4 Å². The average molecular weight is 211 g/mol. The number of aromatic nitrogens is 2. The fourth-order valence-electron chi connectivity index (χ4n) is 1.23. The number of methoxy groups -OCH3 is 1. The van der Waals surface area contributed by atoms with E-state index >= 15 is 0 Å². The van der Waals surface area contributed by atoms with Crippen LogP contribution in [0.1, 0.15) is 11.4 Å². The van der Waals surface area contributed by atoms with Crippen molar-refractivity contribution in [1.29, 1.82) is 0 Å². The van der Waals surface area contributed by atoms with E-state index in [9.17, 15) is 4.79 Å². The van der Waals surface area contributed by atoms with E-state index < -0.39 is 5.97 Å². The van der Waals surface area contributed by atoms with E-state index in [1.807, 2.05) is 19.9 Å². The zero-order valence-electron chi connectivity index (χ0n) is 8.89. The molecule has 0 aromatic carbocycles. The third kappa shape index (κ3) is 2.55. The van der Waals surface area contributed by atoms with Crippen LogP contribution in [0.2, 0.25) is 0 Å². The number of carbonyl (C=O) groups excluding carboxylic acids is 1. The molecule has 6 heteroatoms. The zero-order chi connectivity index (χ0) is 11.4. The molecule has 0 aliphatic rings. The van der Waals surface area contributed by atoms with Gasteiger partial charge in [-0.3, -0.25) is 4.68 Å². The number of carbonyl (C=O) groups is 1. The maximum absolute atomic E-state index is 11.1. The summed E-state index contributed by atoms with van der Waals surface area (Å²) < 4.78 is 6.02. The van der Waals surface area contributed by atoms with Crippen LogP contribution in [0.15, 0.2) is 11.2 Å². The number of oxime groups is 1. The van der Waals surface area contributed by atoms with Gasteiger partial charge in [0.15, 0.2) is 5.71 Å². The molecule has 0 aliphatic heterocycles. The Morgan fingerprint density at radius 3 is 2.73 bits per heavy atom. The van der Waals surface area contributed by atoms with Gasteiger partial charge in [-0.15, -0.1) is 0 Å². The highest BCUT2D eigenvalue weighted by molar-refractivity contribution is 6.36. The van der Waals surface area contributed by atoms with E-state index in [4.69, 9.17) is 5.21 Å². The predicted molar refractivity (Wildman–Crippen MR) is 52.9 cm³/mol. The van der Waals surface area contributed by atoms with Crippen LogP contribution in [0.25, 0.3) is 0 Å². The maximum atomic E-state index is 11.1. The Morgan fingerprint density at radius 1 is 1.67 bits per heavy atom. The molecule has 1 aromatic rings. The number of nitrogens with zero attached hydrogens (tertiary/aromatic N) is 3. The molecule has 0 saturated carbocycles. The average Bonchev–Trinajstić information content (AvgIpc) is 2.52. The summed E-state index contributed by atoms with van der Waals surface area (Å²) in [7, 11) is 1.23. The van der Waals surface area contributed by atoms with E-state index in [0.717, 1.165) is 11.4 Å². The molecule has 0 spiro atoms. The predicted octanol–water partition coefficient (Wildman–Crippen LogP) is 0.503. The fourth-order valence-corrected chi connectivity index (χ4v) is 1.23. The van der Waals surface area contributed by atoms with Gasteiger partial charge in [0, 0.05) is 5.69 Å². The normalized spacial score (nSPS) is 11.5. The Bertz CT molecular complexity index is 395. The van der Waals surface area contributed by atoms with Crippen LogP contribution in [0.4, 0.5) is 0 Å². The molecule has 0 fully saturated rings. The second-order valence-electron chi connectivity index (χ2n) is 3.12. The van der Waals surface area contributed by atoms with Crippen molar-refractivity contribution in [2.24, 2.45) is 5.16 Å². The molecule has 0 radical (unpaired) electrons. The van der Waals surface area contributed by atoms with Crippen LogP contribution in [-0.4, -0.2) is 33.8 Å². The van der Waals surface area contributed by atoms with Gasteiger partial charge in [0.2, 0.25) is 0 Å². The van der Waals surface area contributed by atoms with E-state index in [1.54, 1.807) is 4.68 Å². The van der Waals surface area contributed by atoms with Gasteiger partial charge in [-0.1, -0.05) is 5.16 Å². The van der Waals surface area contributed by atoms with Gasteiger partial charge in [0.1, 0.15) is 0 Å². The van der Waals surface area contributed by atoms with E-state index in [2.05, 4.69) is 15.0 Å². The Hall–Kier alpha value is -1.85. The maximum Gasteiger partial charge on any atom is 0.357 e. The largest absolute Gasteiger partial charge is 0.464 e. The lowest BCUT2D eigenvalue weighted by molar-refractivity contribution is -0.133. The van der Waals surface area contributed by atoms with Crippen LogP contribution < -0.4 is 0 Å². The number of esters is 1. The van der Waals surface area contributed by atoms with Gasteiger partial charge in [0.25, 0.3) is 0 Å². The highest BCUT2D eigenvalue weighted by Gasteiger charge is 2.14. The second-order valence-corrected chi connectivity index (χ2v) is 3.12. The smallest absolute Gasteiger partial charge is 0.357 e. The minimum absolute atomic E-state index is 0.0799. The molecule has 1 N–H and O–H groups in total. The molecular weight excluding hydrogens is 198 g/mol. The first-order valence-electron chi connectivity index (χ1n) is 4.38. The summed E-state index contributed by atoms with van der Waals surface area (Å²) in [6.45, 7) is 3.80. The Labute approximate surface area is 87.1 Å². The van der Waals surface area contributed by atoms with Crippen molar-refractivity contribution in [1.82, 2.24) is 9.78 Å². The molecule has 15 heavy (non-hydrogen) atoms. The molecule has 0 aliphatic carbocycles. The fraction of sp³-hybridized carbons (Fsp3) is 0.444. The minimum atomic E-state index is -0.662. The molecule has 6 nitrogen and oxygen atoms in total. The SMILES string of the molecule is COC(=O)/C(Cn1nc(C)cc1C)=N/O. The van der Waals surface area contributed by atoms with Crippen LogP contribution in [0.5, 0.6) is 0 Å². The Morgan fingerprint density at radius 2 is 2.33 bits per heavy atom. The molecule has 1 heterocycles.